The van der Waals surface area contributed by atoms with Gasteiger partial charge in [-0.1, -0.05) is 6.07 Å². The second kappa shape index (κ2) is 6.78. The highest BCUT2D eigenvalue weighted by atomic mass is 16.5. The predicted molar refractivity (Wildman–Crippen MR) is 85.5 cm³/mol. The lowest BCUT2D eigenvalue weighted by atomic mass is 10.1. The normalized spacial score (nSPS) is 13.9. The fraction of sp³-hybridized carbons (Fsp3) is 0.438. The van der Waals surface area contributed by atoms with Gasteiger partial charge in [0.15, 0.2) is 0 Å². The highest BCUT2D eigenvalue weighted by Crippen LogP contribution is 2.15. The first kappa shape index (κ1) is 15.5. The van der Waals surface area contributed by atoms with Gasteiger partial charge in [0.25, 0.3) is 5.56 Å². The molecule has 0 radical (unpaired) electrons. The number of carbonyl (C=O) groups excluding carboxylic acids is 1. The average molecular weight is 316 g/mol. The molecule has 2 aromatic heterocycles. The zero-order valence-electron chi connectivity index (χ0n) is 13.1. The van der Waals surface area contributed by atoms with E-state index < -0.39 is 0 Å². The summed E-state index contributed by atoms with van der Waals surface area (Å²) in [6.45, 7) is 2.04. The molecule has 1 aliphatic rings. The van der Waals surface area contributed by atoms with Crippen molar-refractivity contribution in [2.75, 3.05) is 26.8 Å². The van der Waals surface area contributed by atoms with Crippen LogP contribution in [-0.4, -0.2) is 47.1 Å². The molecule has 2 amide bonds. The Morgan fingerprint density at radius 3 is 3.13 bits per heavy atom. The van der Waals surface area contributed by atoms with Crippen molar-refractivity contribution in [3.05, 3.63) is 46.0 Å². The summed E-state index contributed by atoms with van der Waals surface area (Å²) in [6.07, 6.45) is 3.07. The SMILES string of the molecule is COCCCNC(=O)N1CCc2nc3ccccn3c(=O)c2C1. The first-order valence-electron chi connectivity index (χ1n) is 7.71. The van der Waals surface area contributed by atoms with Crippen molar-refractivity contribution in [1.82, 2.24) is 19.6 Å². The number of amides is 2. The molecule has 3 rings (SSSR count). The maximum absolute atomic E-state index is 12.6. The van der Waals surface area contributed by atoms with E-state index in [-0.39, 0.29) is 11.6 Å². The molecule has 0 fully saturated rings. The number of rotatable bonds is 4. The molecule has 1 N–H and O–H groups in total. The number of nitrogens with one attached hydrogen (secondary N) is 1. The second-order valence-electron chi connectivity index (χ2n) is 5.52. The fourth-order valence-electron chi connectivity index (χ4n) is 2.74. The minimum atomic E-state index is -0.149. The van der Waals surface area contributed by atoms with Gasteiger partial charge in [0.05, 0.1) is 17.8 Å². The van der Waals surface area contributed by atoms with Gasteiger partial charge in [-0.25, -0.2) is 9.78 Å². The van der Waals surface area contributed by atoms with Crippen LogP contribution >= 0.6 is 0 Å². The van der Waals surface area contributed by atoms with Crippen molar-refractivity contribution < 1.29 is 9.53 Å². The molecule has 0 atom stereocenters. The number of methoxy groups -OCH3 is 1. The summed E-state index contributed by atoms with van der Waals surface area (Å²) in [5.41, 5.74) is 1.95. The molecule has 0 spiro atoms. The van der Waals surface area contributed by atoms with Gasteiger partial charge in [-0.15, -0.1) is 0 Å². The number of pyridine rings is 1. The Labute approximate surface area is 133 Å². The van der Waals surface area contributed by atoms with Crippen molar-refractivity contribution in [3.8, 4) is 0 Å². The molecule has 0 bridgehead atoms. The minimum absolute atomic E-state index is 0.0949. The molecule has 0 saturated heterocycles. The number of aromatic nitrogens is 2. The highest BCUT2D eigenvalue weighted by molar-refractivity contribution is 5.74. The highest BCUT2D eigenvalue weighted by Gasteiger charge is 2.24. The van der Waals surface area contributed by atoms with Gasteiger partial charge in [-0.05, 0) is 18.6 Å². The number of fused-ring (bicyclic) bond motifs is 2. The number of ether oxygens (including phenoxy) is 1. The Morgan fingerprint density at radius 2 is 2.30 bits per heavy atom. The maximum atomic E-state index is 12.6. The predicted octanol–water partition coefficient (Wildman–Crippen LogP) is 0.799. The fourth-order valence-corrected chi connectivity index (χ4v) is 2.74. The summed E-state index contributed by atoms with van der Waals surface area (Å²) < 4.78 is 6.48. The number of nitrogens with zero attached hydrogens (tertiary/aromatic N) is 3. The Kier molecular flexibility index (Phi) is 4.57. The summed E-state index contributed by atoms with van der Waals surface area (Å²) in [7, 11) is 1.63. The van der Waals surface area contributed by atoms with Crippen LogP contribution in [0.25, 0.3) is 5.65 Å². The summed E-state index contributed by atoms with van der Waals surface area (Å²) in [6, 6.07) is 5.32. The largest absolute Gasteiger partial charge is 0.385 e. The molecule has 3 heterocycles. The van der Waals surface area contributed by atoms with E-state index in [1.54, 1.807) is 24.3 Å². The Morgan fingerprint density at radius 1 is 1.43 bits per heavy atom. The number of carbonyl (C=O) groups is 1. The Hall–Kier alpha value is -2.41. The van der Waals surface area contributed by atoms with Crippen LogP contribution in [0.2, 0.25) is 0 Å². The van der Waals surface area contributed by atoms with Crippen LogP contribution in [0.15, 0.2) is 29.2 Å². The number of urea groups is 1. The van der Waals surface area contributed by atoms with Crippen LogP contribution in [0, 0.1) is 0 Å². The van der Waals surface area contributed by atoms with Gasteiger partial charge < -0.3 is 15.0 Å². The summed E-state index contributed by atoms with van der Waals surface area (Å²) >= 11 is 0. The average Bonchev–Trinajstić information content (AvgIpc) is 2.58. The van der Waals surface area contributed by atoms with Gasteiger partial charge in [-0.3, -0.25) is 9.20 Å². The molecule has 0 aliphatic carbocycles. The number of hydrogen-bond acceptors (Lipinski definition) is 4. The third-order valence-electron chi connectivity index (χ3n) is 3.97. The van der Waals surface area contributed by atoms with E-state index >= 15 is 0 Å². The lowest BCUT2D eigenvalue weighted by molar-refractivity contribution is 0.181. The van der Waals surface area contributed by atoms with E-state index in [9.17, 15) is 9.59 Å². The topological polar surface area (TPSA) is 75.9 Å². The number of hydrogen-bond donors (Lipinski definition) is 1. The van der Waals surface area contributed by atoms with Crippen molar-refractivity contribution in [2.45, 2.75) is 19.4 Å². The lowest BCUT2D eigenvalue weighted by Crippen LogP contribution is -2.45. The first-order valence-corrected chi connectivity index (χ1v) is 7.71. The Balaban J connectivity index is 1.76. The van der Waals surface area contributed by atoms with Crippen molar-refractivity contribution in [1.29, 1.82) is 0 Å². The van der Waals surface area contributed by atoms with Gasteiger partial charge >= 0.3 is 6.03 Å². The second-order valence-corrected chi connectivity index (χ2v) is 5.52. The van der Waals surface area contributed by atoms with Crippen LogP contribution in [0.3, 0.4) is 0 Å². The van der Waals surface area contributed by atoms with E-state index in [4.69, 9.17) is 4.74 Å². The van der Waals surface area contributed by atoms with Crippen LogP contribution in [0.5, 0.6) is 0 Å². The van der Waals surface area contributed by atoms with Gasteiger partial charge in [-0.2, -0.15) is 0 Å². The standard InChI is InChI=1S/C16H20N4O3/c1-23-10-4-7-17-16(22)19-9-6-13-12(11-19)15(21)20-8-3-2-5-14(20)18-13/h2-3,5,8H,4,6-7,9-11H2,1H3,(H,17,22). The molecule has 7 heteroatoms. The molecular weight excluding hydrogens is 296 g/mol. The van der Waals surface area contributed by atoms with Crippen LogP contribution in [-0.2, 0) is 17.7 Å². The van der Waals surface area contributed by atoms with Gasteiger partial charge in [0.1, 0.15) is 5.65 Å². The van der Waals surface area contributed by atoms with Crippen LogP contribution in [0.1, 0.15) is 17.7 Å². The molecule has 7 nitrogen and oxygen atoms in total. The minimum Gasteiger partial charge on any atom is -0.385 e. The molecule has 0 unspecified atom stereocenters. The smallest absolute Gasteiger partial charge is 0.317 e. The molecule has 0 aromatic carbocycles. The molecule has 0 saturated carbocycles. The van der Waals surface area contributed by atoms with E-state index in [1.807, 2.05) is 12.1 Å². The quantitative estimate of drug-likeness (QED) is 0.847. The zero-order chi connectivity index (χ0) is 16.2. The van der Waals surface area contributed by atoms with E-state index in [0.717, 1.165) is 12.1 Å². The van der Waals surface area contributed by atoms with Gasteiger partial charge in [0.2, 0.25) is 0 Å². The molecule has 23 heavy (non-hydrogen) atoms. The maximum Gasteiger partial charge on any atom is 0.317 e. The monoisotopic (exact) mass is 316 g/mol. The van der Waals surface area contributed by atoms with Crippen LogP contribution in [0.4, 0.5) is 4.79 Å². The molecular formula is C16H20N4O3. The lowest BCUT2D eigenvalue weighted by Gasteiger charge is -2.28. The molecule has 122 valence electrons. The van der Waals surface area contributed by atoms with Gasteiger partial charge in [0, 0.05) is 39.4 Å². The first-order chi connectivity index (χ1) is 11.2. The third-order valence-corrected chi connectivity index (χ3v) is 3.97. The van der Waals surface area contributed by atoms with Crippen LogP contribution < -0.4 is 10.9 Å². The van der Waals surface area contributed by atoms with E-state index in [2.05, 4.69) is 10.3 Å². The van der Waals surface area contributed by atoms with Crippen molar-refractivity contribution in [3.63, 3.8) is 0 Å². The van der Waals surface area contributed by atoms with E-state index in [1.165, 1.54) is 4.40 Å². The molecule has 1 aliphatic heterocycles. The summed E-state index contributed by atoms with van der Waals surface area (Å²) in [5, 5.41) is 2.85. The van der Waals surface area contributed by atoms with E-state index in [0.29, 0.717) is 43.9 Å². The van der Waals surface area contributed by atoms with Crippen molar-refractivity contribution in [2.24, 2.45) is 0 Å². The summed E-state index contributed by atoms with van der Waals surface area (Å²) in [4.78, 5) is 31.0. The van der Waals surface area contributed by atoms with Crippen molar-refractivity contribution >= 4 is 11.7 Å². The summed E-state index contributed by atoms with van der Waals surface area (Å²) in [5.74, 6) is 0. The third kappa shape index (κ3) is 3.19. The zero-order valence-corrected chi connectivity index (χ0v) is 13.1. The Bertz CT molecular complexity index is 771. The molecule has 2 aromatic rings.